The van der Waals surface area contributed by atoms with Crippen LogP contribution in [-0.4, -0.2) is 34.6 Å². The lowest BCUT2D eigenvalue weighted by atomic mass is 9.71. The van der Waals surface area contributed by atoms with E-state index in [1.807, 2.05) is 0 Å². The standard InChI is InChI=1S/C20H26N2OS/c1-3-13(20(23)24)7-12-8-16-15-5-4-6-17-19(15)14(10-21-17)9-18(16)22(2)11-12/h4-6,10,12-13,16,18,21H,3,7-9,11H2,1-2H3,(H,23,24)/t12-,13?,16?,18-/m1/s1. The molecule has 0 saturated carbocycles. The smallest absolute Gasteiger partial charge is 0.188 e. The van der Waals surface area contributed by atoms with Gasteiger partial charge in [-0.1, -0.05) is 19.1 Å². The van der Waals surface area contributed by atoms with Crippen LogP contribution in [0.5, 0.6) is 0 Å². The molecule has 2 unspecified atom stereocenters. The van der Waals surface area contributed by atoms with Crippen molar-refractivity contribution >= 4 is 28.6 Å². The first kappa shape index (κ1) is 16.2. The van der Waals surface area contributed by atoms with Gasteiger partial charge in [0.05, 0.1) is 0 Å². The highest BCUT2D eigenvalue weighted by Gasteiger charge is 2.39. The number of nitrogens with zero attached hydrogens (tertiary/aromatic N) is 1. The fourth-order valence-corrected chi connectivity index (χ4v) is 5.36. The number of nitrogens with one attached hydrogen (secondary N) is 1. The van der Waals surface area contributed by atoms with Crippen LogP contribution in [0.3, 0.4) is 0 Å². The molecule has 0 amide bonds. The number of H-pyrrole nitrogens is 1. The average molecular weight is 343 g/mol. The van der Waals surface area contributed by atoms with Crippen LogP contribution in [0.25, 0.3) is 10.9 Å². The first-order chi connectivity index (χ1) is 11.6. The minimum absolute atomic E-state index is 0.0564. The summed E-state index contributed by atoms with van der Waals surface area (Å²) in [7, 11) is 2.26. The van der Waals surface area contributed by atoms with Gasteiger partial charge in [-0.2, -0.15) is 0 Å². The highest BCUT2D eigenvalue weighted by atomic mass is 32.1. The molecule has 0 spiro atoms. The average Bonchev–Trinajstić information content (AvgIpc) is 2.98. The Bertz CT molecular complexity index is 768. The predicted octanol–water partition coefficient (Wildman–Crippen LogP) is 4.00. The lowest BCUT2D eigenvalue weighted by molar-refractivity contribution is -0.115. The Kier molecular flexibility index (Phi) is 4.21. The fraction of sp³-hybridized carbons (Fsp3) is 0.550. The summed E-state index contributed by atoms with van der Waals surface area (Å²) in [5.74, 6) is 1.26. The van der Waals surface area contributed by atoms with Crippen LogP contribution in [0, 0.1) is 11.8 Å². The second-order valence-electron chi connectivity index (χ2n) is 7.68. The van der Waals surface area contributed by atoms with Crippen LogP contribution in [0.15, 0.2) is 24.4 Å². The molecule has 2 aromatic rings. The number of thiol groups is 1. The number of hydrogen-bond acceptors (Lipinski definition) is 2. The van der Waals surface area contributed by atoms with E-state index in [2.05, 4.69) is 60.9 Å². The molecule has 24 heavy (non-hydrogen) atoms. The van der Waals surface area contributed by atoms with Gasteiger partial charge in [-0.15, -0.1) is 12.6 Å². The molecule has 4 heteroatoms. The maximum atomic E-state index is 11.7. The van der Waals surface area contributed by atoms with E-state index in [4.69, 9.17) is 0 Å². The molecule has 0 radical (unpaired) electrons. The van der Waals surface area contributed by atoms with E-state index in [1.165, 1.54) is 28.5 Å². The molecule has 1 aliphatic heterocycles. The number of aromatic amines is 1. The Morgan fingerprint density at radius 1 is 1.46 bits per heavy atom. The van der Waals surface area contributed by atoms with Crippen molar-refractivity contribution in [3.63, 3.8) is 0 Å². The number of carbonyl (C=O) groups excluding carboxylic acids is 1. The number of likely N-dealkylation sites (tertiary alicyclic amines) is 1. The Morgan fingerprint density at radius 2 is 2.29 bits per heavy atom. The van der Waals surface area contributed by atoms with Gasteiger partial charge in [-0.25, -0.2) is 0 Å². The molecular weight excluding hydrogens is 316 g/mol. The third-order valence-corrected chi connectivity index (χ3v) is 6.64. The summed E-state index contributed by atoms with van der Waals surface area (Å²) >= 11 is 4.10. The maximum absolute atomic E-state index is 11.7. The molecule has 1 aromatic carbocycles. The lowest BCUT2D eigenvalue weighted by Crippen LogP contribution is -2.48. The molecule has 1 saturated heterocycles. The van der Waals surface area contributed by atoms with Crippen LogP contribution in [0.4, 0.5) is 0 Å². The molecule has 2 aliphatic rings. The van der Waals surface area contributed by atoms with E-state index in [0.717, 1.165) is 25.8 Å². The van der Waals surface area contributed by atoms with E-state index in [0.29, 0.717) is 17.9 Å². The number of rotatable bonds is 4. The SMILES string of the molecule is CCC(C[C@@H]1CC2c3cccc4[nH]cc(c34)C[C@H]2N(C)C1)C(=O)S. The van der Waals surface area contributed by atoms with Crippen LogP contribution >= 0.6 is 12.6 Å². The molecule has 128 valence electrons. The quantitative estimate of drug-likeness (QED) is 0.824. The van der Waals surface area contributed by atoms with Crippen molar-refractivity contribution in [1.82, 2.24) is 9.88 Å². The minimum atomic E-state index is 0.0564. The van der Waals surface area contributed by atoms with Crippen molar-refractivity contribution in [2.45, 2.75) is 44.6 Å². The third kappa shape index (κ3) is 2.60. The first-order valence-electron chi connectivity index (χ1n) is 9.10. The normalized spacial score (nSPS) is 27.9. The minimum Gasteiger partial charge on any atom is -0.361 e. The van der Waals surface area contributed by atoms with Crippen molar-refractivity contribution in [2.75, 3.05) is 13.6 Å². The van der Waals surface area contributed by atoms with E-state index in [-0.39, 0.29) is 11.0 Å². The summed E-state index contributed by atoms with van der Waals surface area (Å²) in [5, 5.41) is 1.51. The van der Waals surface area contributed by atoms with E-state index >= 15 is 0 Å². The molecule has 2 heterocycles. The van der Waals surface area contributed by atoms with Gasteiger partial charge in [0.15, 0.2) is 5.12 Å². The van der Waals surface area contributed by atoms with Crippen molar-refractivity contribution in [2.24, 2.45) is 11.8 Å². The fourth-order valence-electron chi connectivity index (χ4n) is 5.07. The van der Waals surface area contributed by atoms with Gasteiger partial charge in [-0.05, 0) is 55.8 Å². The number of piperidine rings is 1. The Hall–Kier alpha value is -1.26. The molecule has 4 rings (SSSR count). The molecule has 1 fully saturated rings. The van der Waals surface area contributed by atoms with Gasteiger partial charge >= 0.3 is 0 Å². The Balaban J connectivity index is 1.65. The molecule has 4 atom stereocenters. The summed E-state index contributed by atoms with van der Waals surface area (Å²) in [6.07, 6.45) is 6.39. The zero-order valence-electron chi connectivity index (χ0n) is 14.5. The maximum Gasteiger partial charge on any atom is 0.188 e. The summed E-state index contributed by atoms with van der Waals surface area (Å²) in [4.78, 5) is 17.7. The second-order valence-corrected chi connectivity index (χ2v) is 8.12. The third-order valence-electron chi connectivity index (χ3n) is 6.27. The van der Waals surface area contributed by atoms with Crippen LogP contribution in [-0.2, 0) is 11.2 Å². The van der Waals surface area contributed by atoms with Crippen LogP contribution in [0.1, 0.15) is 43.2 Å². The monoisotopic (exact) mass is 342 g/mol. The van der Waals surface area contributed by atoms with Gasteiger partial charge in [0, 0.05) is 41.5 Å². The van der Waals surface area contributed by atoms with E-state index in [9.17, 15) is 4.79 Å². The van der Waals surface area contributed by atoms with Gasteiger partial charge in [0.2, 0.25) is 0 Å². The summed E-state index contributed by atoms with van der Waals surface area (Å²) in [6.45, 7) is 3.19. The highest BCUT2D eigenvalue weighted by molar-refractivity contribution is 7.96. The topological polar surface area (TPSA) is 36.1 Å². The zero-order chi connectivity index (χ0) is 16.8. The molecule has 3 nitrogen and oxygen atoms in total. The van der Waals surface area contributed by atoms with Gasteiger partial charge in [0.1, 0.15) is 0 Å². The van der Waals surface area contributed by atoms with Crippen molar-refractivity contribution in [3.05, 3.63) is 35.5 Å². The Morgan fingerprint density at radius 3 is 3.04 bits per heavy atom. The number of likely N-dealkylation sites (N-methyl/N-ethyl adjacent to an activating group) is 1. The summed E-state index contributed by atoms with van der Waals surface area (Å²) in [6, 6.07) is 7.25. The van der Waals surface area contributed by atoms with E-state index < -0.39 is 0 Å². The Labute approximate surface area is 149 Å². The first-order valence-corrected chi connectivity index (χ1v) is 9.55. The molecular formula is C20H26N2OS. The lowest BCUT2D eigenvalue weighted by Gasteiger charge is -2.46. The number of fused-ring (bicyclic) bond motifs is 2. The van der Waals surface area contributed by atoms with Crippen LogP contribution in [0.2, 0.25) is 0 Å². The van der Waals surface area contributed by atoms with Crippen molar-refractivity contribution in [1.29, 1.82) is 0 Å². The molecule has 1 aliphatic carbocycles. The molecule has 0 bridgehead atoms. The van der Waals surface area contributed by atoms with Crippen LogP contribution < -0.4 is 0 Å². The second kappa shape index (κ2) is 6.23. The number of benzene rings is 1. The van der Waals surface area contributed by atoms with E-state index in [1.54, 1.807) is 0 Å². The highest BCUT2D eigenvalue weighted by Crippen LogP contribution is 2.45. The van der Waals surface area contributed by atoms with Crippen molar-refractivity contribution < 1.29 is 4.79 Å². The number of hydrogen-bond donors (Lipinski definition) is 2. The molecule has 1 aromatic heterocycles. The largest absolute Gasteiger partial charge is 0.361 e. The van der Waals surface area contributed by atoms with Crippen molar-refractivity contribution in [3.8, 4) is 0 Å². The zero-order valence-corrected chi connectivity index (χ0v) is 15.4. The molecule has 1 N–H and O–H groups in total. The van der Waals surface area contributed by atoms with Gasteiger partial charge < -0.3 is 9.88 Å². The summed E-state index contributed by atoms with van der Waals surface area (Å²) in [5.41, 5.74) is 4.23. The summed E-state index contributed by atoms with van der Waals surface area (Å²) < 4.78 is 0. The van der Waals surface area contributed by atoms with Gasteiger partial charge in [0.25, 0.3) is 0 Å². The number of carbonyl (C=O) groups is 1. The predicted molar refractivity (Wildman–Crippen MR) is 102 cm³/mol. The number of aromatic nitrogens is 1. The van der Waals surface area contributed by atoms with Gasteiger partial charge in [-0.3, -0.25) is 4.79 Å².